The van der Waals surface area contributed by atoms with Crippen molar-refractivity contribution in [1.82, 2.24) is 20.3 Å². The van der Waals surface area contributed by atoms with Crippen LogP contribution < -0.4 is 16.4 Å². The van der Waals surface area contributed by atoms with Gasteiger partial charge in [-0.15, -0.1) is 0 Å². The number of nitrogens with one attached hydrogen (secondary N) is 2. The molecule has 3 heterocycles. The van der Waals surface area contributed by atoms with Crippen molar-refractivity contribution in [2.45, 2.75) is 24.6 Å². The van der Waals surface area contributed by atoms with Crippen LogP contribution in [0.15, 0.2) is 42.9 Å². The van der Waals surface area contributed by atoms with E-state index in [2.05, 4.69) is 25.6 Å². The fourth-order valence-corrected chi connectivity index (χ4v) is 3.80. The summed E-state index contributed by atoms with van der Waals surface area (Å²) in [6.07, 6.45) is -1.000. The van der Waals surface area contributed by atoms with Crippen LogP contribution in [0.4, 0.5) is 19.0 Å². The Kier molecular flexibility index (Phi) is 5.25. The molecule has 1 aliphatic rings. The van der Waals surface area contributed by atoms with E-state index < -0.39 is 17.6 Å². The molecule has 1 aromatic carbocycles. The van der Waals surface area contributed by atoms with Gasteiger partial charge in [0.15, 0.2) is 5.82 Å². The number of fused-ring (bicyclic) bond motifs is 1. The molecule has 30 heavy (non-hydrogen) atoms. The van der Waals surface area contributed by atoms with E-state index in [-0.39, 0.29) is 17.5 Å². The van der Waals surface area contributed by atoms with E-state index in [1.807, 2.05) is 0 Å². The molecule has 3 aromatic rings. The zero-order valence-corrected chi connectivity index (χ0v) is 15.8. The second-order valence-electron chi connectivity index (χ2n) is 7.12. The summed E-state index contributed by atoms with van der Waals surface area (Å²) in [6, 6.07) is 6.65. The number of piperidine rings is 1. The first-order chi connectivity index (χ1) is 14.3. The zero-order chi connectivity index (χ0) is 21.3. The van der Waals surface area contributed by atoms with Crippen LogP contribution in [0.1, 0.15) is 33.8 Å². The lowest BCUT2D eigenvalue weighted by molar-refractivity contribution is -0.137. The fraction of sp³-hybridized carbons (Fsp3) is 0.300. The minimum absolute atomic E-state index is 0.169. The summed E-state index contributed by atoms with van der Waals surface area (Å²) in [5.74, 6) is -0.403. The topological polar surface area (TPSA) is 106 Å². The Bertz CT molecular complexity index is 1090. The number of carbonyl (C=O) groups is 1. The summed E-state index contributed by atoms with van der Waals surface area (Å²) in [5, 5.41) is 6.54. The number of nitrogens with zero attached hydrogens (tertiary/aromatic N) is 3. The van der Waals surface area contributed by atoms with Crippen LogP contribution in [0, 0.1) is 0 Å². The normalized spacial score (nSPS) is 19.6. The van der Waals surface area contributed by atoms with Crippen molar-refractivity contribution in [3.05, 3.63) is 59.5 Å². The molecule has 0 bridgehead atoms. The van der Waals surface area contributed by atoms with Crippen molar-refractivity contribution in [3.8, 4) is 0 Å². The minimum Gasteiger partial charge on any atom is -0.366 e. The van der Waals surface area contributed by atoms with Gasteiger partial charge in [0.2, 0.25) is 0 Å². The van der Waals surface area contributed by atoms with Crippen LogP contribution in [0.2, 0.25) is 0 Å². The Morgan fingerprint density at radius 1 is 1.17 bits per heavy atom. The Balaban J connectivity index is 1.69. The molecule has 4 rings (SSSR count). The lowest BCUT2D eigenvalue weighted by atomic mass is 9.85. The third-order valence-electron chi connectivity index (χ3n) is 5.23. The van der Waals surface area contributed by atoms with Crippen LogP contribution in [0.5, 0.6) is 0 Å². The van der Waals surface area contributed by atoms with Gasteiger partial charge in [0, 0.05) is 24.7 Å². The average molecular weight is 416 g/mol. The summed E-state index contributed by atoms with van der Waals surface area (Å²) >= 11 is 0. The number of aromatic nitrogens is 3. The van der Waals surface area contributed by atoms with Crippen LogP contribution in [-0.2, 0) is 6.18 Å². The van der Waals surface area contributed by atoms with Gasteiger partial charge in [-0.25, -0.2) is 9.97 Å². The van der Waals surface area contributed by atoms with E-state index in [1.54, 1.807) is 6.07 Å². The number of rotatable bonds is 4. The lowest BCUT2D eigenvalue weighted by Crippen LogP contribution is -2.44. The molecule has 0 spiro atoms. The van der Waals surface area contributed by atoms with E-state index in [0.29, 0.717) is 41.9 Å². The number of amides is 1. The number of alkyl halides is 3. The van der Waals surface area contributed by atoms with Gasteiger partial charge in [-0.05, 0) is 30.7 Å². The van der Waals surface area contributed by atoms with Gasteiger partial charge in [-0.3, -0.25) is 9.78 Å². The molecule has 156 valence electrons. The fourth-order valence-electron chi connectivity index (χ4n) is 3.80. The van der Waals surface area contributed by atoms with Gasteiger partial charge in [-0.1, -0.05) is 18.2 Å². The third kappa shape index (κ3) is 3.90. The molecule has 4 N–H and O–H groups in total. The molecule has 1 aliphatic heterocycles. The second-order valence-corrected chi connectivity index (χ2v) is 7.12. The van der Waals surface area contributed by atoms with Crippen molar-refractivity contribution < 1.29 is 18.0 Å². The first-order valence-corrected chi connectivity index (χ1v) is 9.38. The predicted octanol–water partition coefficient (Wildman–Crippen LogP) is 2.70. The highest BCUT2D eigenvalue weighted by atomic mass is 19.4. The number of nitrogens with two attached hydrogens (primary N) is 1. The van der Waals surface area contributed by atoms with Crippen molar-refractivity contribution in [2.75, 3.05) is 18.4 Å². The van der Waals surface area contributed by atoms with Gasteiger partial charge in [-0.2, -0.15) is 13.2 Å². The van der Waals surface area contributed by atoms with Gasteiger partial charge >= 0.3 is 6.18 Å². The molecule has 2 unspecified atom stereocenters. The number of anilines is 1. The number of pyridine rings is 1. The number of halogens is 3. The van der Waals surface area contributed by atoms with Crippen LogP contribution in [-0.4, -0.2) is 40.0 Å². The second kappa shape index (κ2) is 7.86. The third-order valence-corrected chi connectivity index (χ3v) is 5.23. The molecule has 1 saturated heterocycles. The van der Waals surface area contributed by atoms with E-state index in [4.69, 9.17) is 5.73 Å². The molecule has 2 atom stereocenters. The van der Waals surface area contributed by atoms with Gasteiger partial charge in [0.05, 0.1) is 11.1 Å². The molecule has 1 amide bonds. The quantitative estimate of drug-likeness (QED) is 0.604. The molecule has 1 fully saturated rings. The molecular weight excluding hydrogens is 397 g/mol. The summed E-state index contributed by atoms with van der Waals surface area (Å²) < 4.78 is 39.5. The van der Waals surface area contributed by atoms with Crippen LogP contribution >= 0.6 is 0 Å². The first kappa shape index (κ1) is 20.0. The maximum atomic E-state index is 13.2. The Morgan fingerprint density at radius 2 is 2.00 bits per heavy atom. The van der Waals surface area contributed by atoms with Gasteiger partial charge in [0.1, 0.15) is 17.4 Å². The number of benzene rings is 1. The van der Waals surface area contributed by atoms with Crippen molar-refractivity contribution in [2.24, 2.45) is 5.73 Å². The number of carbonyl (C=O) groups excluding carboxylic acids is 1. The summed E-state index contributed by atoms with van der Waals surface area (Å²) in [6.45, 7) is 1.22. The minimum atomic E-state index is -4.40. The van der Waals surface area contributed by atoms with Crippen molar-refractivity contribution in [1.29, 1.82) is 0 Å². The number of hydrogen-bond acceptors (Lipinski definition) is 6. The van der Waals surface area contributed by atoms with Crippen molar-refractivity contribution in [3.63, 3.8) is 0 Å². The maximum absolute atomic E-state index is 13.2. The van der Waals surface area contributed by atoms with E-state index in [1.165, 1.54) is 30.7 Å². The largest absolute Gasteiger partial charge is 0.416 e. The standard InChI is InChI=1S/C20H19F3N6O/c21-20(22,23)12-3-1-2-11(8-12)13-4-6-25-9-15(13)29-19-17-16(27-10-28-19)14(18(24)30)5-7-26-17/h1-3,5,7-8,10,13,15,25H,4,6,9H2,(H2,24,30)(H,27,28,29). The van der Waals surface area contributed by atoms with Gasteiger partial charge < -0.3 is 16.4 Å². The SMILES string of the molecule is NC(=O)c1ccnc2c(NC3CNCCC3c3cccc(C(F)(F)F)c3)ncnc12. The molecular formula is C20H19F3N6O. The Labute approximate surface area is 169 Å². The zero-order valence-electron chi connectivity index (χ0n) is 15.8. The molecule has 0 saturated carbocycles. The van der Waals surface area contributed by atoms with Gasteiger partial charge in [0.25, 0.3) is 5.91 Å². The first-order valence-electron chi connectivity index (χ1n) is 9.38. The highest BCUT2D eigenvalue weighted by molar-refractivity contribution is 6.05. The Hall–Kier alpha value is -3.27. The predicted molar refractivity (Wildman–Crippen MR) is 105 cm³/mol. The Morgan fingerprint density at radius 3 is 2.77 bits per heavy atom. The highest BCUT2D eigenvalue weighted by Gasteiger charge is 2.33. The van der Waals surface area contributed by atoms with Crippen LogP contribution in [0.3, 0.4) is 0 Å². The number of primary amides is 1. The monoisotopic (exact) mass is 416 g/mol. The molecule has 0 aliphatic carbocycles. The summed E-state index contributed by atoms with van der Waals surface area (Å²) in [7, 11) is 0. The maximum Gasteiger partial charge on any atom is 0.416 e. The van der Waals surface area contributed by atoms with Crippen molar-refractivity contribution >= 4 is 22.8 Å². The van der Waals surface area contributed by atoms with E-state index >= 15 is 0 Å². The smallest absolute Gasteiger partial charge is 0.366 e. The van der Waals surface area contributed by atoms with E-state index in [0.717, 1.165) is 6.07 Å². The summed E-state index contributed by atoms with van der Waals surface area (Å²) in [4.78, 5) is 24.3. The molecule has 0 radical (unpaired) electrons. The van der Waals surface area contributed by atoms with E-state index in [9.17, 15) is 18.0 Å². The molecule has 10 heteroatoms. The number of hydrogen-bond donors (Lipinski definition) is 3. The average Bonchev–Trinajstić information content (AvgIpc) is 2.73. The molecule has 7 nitrogen and oxygen atoms in total. The summed E-state index contributed by atoms with van der Waals surface area (Å²) in [5.41, 5.74) is 6.27. The highest BCUT2D eigenvalue weighted by Crippen LogP contribution is 2.34. The molecule has 2 aromatic heterocycles. The lowest BCUT2D eigenvalue weighted by Gasteiger charge is -2.34. The van der Waals surface area contributed by atoms with Crippen LogP contribution in [0.25, 0.3) is 11.0 Å².